The zero-order chi connectivity index (χ0) is 15.8. The highest BCUT2D eigenvalue weighted by Crippen LogP contribution is 2.26. The van der Waals surface area contributed by atoms with Crippen molar-refractivity contribution in [3.05, 3.63) is 23.8 Å². The predicted molar refractivity (Wildman–Crippen MR) is 87.5 cm³/mol. The van der Waals surface area contributed by atoms with Crippen LogP contribution in [0.4, 0.5) is 0 Å². The minimum absolute atomic E-state index is 0.0439. The van der Waals surface area contributed by atoms with E-state index in [4.69, 9.17) is 9.47 Å². The van der Waals surface area contributed by atoms with Crippen LogP contribution >= 0.6 is 0 Å². The van der Waals surface area contributed by atoms with Gasteiger partial charge in [0.1, 0.15) is 11.5 Å². The van der Waals surface area contributed by atoms with Crippen molar-refractivity contribution in [2.75, 3.05) is 20.8 Å². The quantitative estimate of drug-likeness (QED) is 0.840. The average Bonchev–Trinajstić information content (AvgIpc) is 2.55. The number of nitrogens with one attached hydrogen (secondary N) is 1. The third-order valence-electron chi connectivity index (χ3n) is 4.44. The van der Waals surface area contributed by atoms with Crippen LogP contribution in [0.25, 0.3) is 0 Å². The first-order valence-electron chi connectivity index (χ1n) is 8.20. The van der Waals surface area contributed by atoms with Gasteiger partial charge in [0.05, 0.1) is 20.6 Å². The van der Waals surface area contributed by atoms with Crippen LogP contribution in [-0.2, 0) is 11.2 Å². The molecule has 22 heavy (non-hydrogen) atoms. The smallest absolute Gasteiger partial charge is 0.224 e. The number of hydrogen-bond acceptors (Lipinski definition) is 3. The van der Waals surface area contributed by atoms with Crippen molar-refractivity contribution in [1.82, 2.24) is 5.32 Å². The van der Waals surface area contributed by atoms with Crippen molar-refractivity contribution in [2.24, 2.45) is 5.92 Å². The molecule has 1 fully saturated rings. The molecule has 4 nitrogen and oxygen atoms in total. The number of methoxy groups -OCH3 is 2. The van der Waals surface area contributed by atoms with E-state index in [0.29, 0.717) is 6.42 Å². The zero-order valence-electron chi connectivity index (χ0n) is 13.7. The van der Waals surface area contributed by atoms with Gasteiger partial charge in [-0.05, 0) is 30.5 Å². The lowest BCUT2D eigenvalue weighted by molar-refractivity contribution is -0.120. The molecule has 1 aliphatic carbocycles. The van der Waals surface area contributed by atoms with Crippen LogP contribution in [0.1, 0.15) is 44.1 Å². The molecule has 1 aromatic carbocycles. The molecule has 1 aromatic rings. The lowest BCUT2D eigenvalue weighted by atomic mass is 9.87. The maximum atomic E-state index is 12.1. The minimum Gasteiger partial charge on any atom is -0.497 e. The van der Waals surface area contributed by atoms with Crippen LogP contribution in [-0.4, -0.2) is 26.7 Å². The average molecular weight is 305 g/mol. The molecule has 0 atom stereocenters. The Balaban J connectivity index is 1.80. The molecule has 4 heteroatoms. The Morgan fingerprint density at radius 1 is 1.18 bits per heavy atom. The van der Waals surface area contributed by atoms with Crippen LogP contribution in [0.3, 0.4) is 0 Å². The van der Waals surface area contributed by atoms with E-state index in [9.17, 15) is 4.79 Å². The molecule has 0 spiro atoms. The predicted octanol–water partition coefficient (Wildman–Crippen LogP) is 3.33. The number of carbonyl (C=O) groups is 1. The summed E-state index contributed by atoms with van der Waals surface area (Å²) in [6.07, 6.45) is 8.13. The summed E-state index contributed by atoms with van der Waals surface area (Å²) < 4.78 is 10.5. The highest BCUT2D eigenvalue weighted by molar-refractivity contribution is 5.79. The van der Waals surface area contributed by atoms with Gasteiger partial charge in [-0.1, -0.05) is 32.1 Å². The second-order valence-electron chi connectivity index (χ2n) is 6.00. The molecule has 0 unspecified atom stereocenters. The molecule has 0 saturated heterocycles. The van der Waals surface area contributed by atoms with E-state index < -0.39 is 0 Å². The molecule has 1 N–H and O–H groups in total. The Morgan fingerprint density at radius 2 is 1.95 bits per heavy atom. The standard InChI is InChI=1S/C18H27NO3/c1-21-16-8-9-17(22-2)15(12-16)13-18(20)19-11-10-14-6-4-3-5-7-14/h8-9,12,14H,3-7,10-11,13H2,1-2H3,(H,19,20). The van der Waals surface area contributed by atoms with E-state index in [1.807, 2.05) is 18.2 Å². The second kappa shape index (κ2) is 8.66. The fourth-order valence-corrected chi connectivity index (χ4v) is 3.15. The maximum absolute atomic E-state index is 12.1. The van der Waals surface area contributed by atoms with Crippen LogP contribution in [0.2, 0.25) is 0 Å². The van der Waals surface area contributed by atoms with Gasteiger partial charge in [-0.15, -0.1) is 0 Å². The molecule has 0 bridgehead atoms. The van der Waals surface area contributed by atoms with E-state index in [1.165, 1.54) is 32.1 Å². The fourth-order valence-electron chi connectivity index (χ4n) is 3.15. The Kier molecular flexibility index (Phi) is 6.56. The lowest BCUT2D eigenvalue weighted by Crippen LogP contribution is -2.28. The summed E-state index contributed by atoms with van der Waals surface area (Å²) in [5.41, 5.74) is 0.858. The number of benzene rings is 1. The van der Waals surface area contributed by atoms with Crippen molar-refractivity contribution in [3.8, 4) is 11.5 Å². The second-order valence-corrected chi connectivity index (χ2v) is 6.00. The Bertz CT molecular complexity index is 481. The summed E-state index contributed by atoms with van der Waals surface area (Å²) in [6, 6.07) is 5.53. The van der Waals surface area contributed by atoms with Crippen molar-refractivity contribution < 1.29 is 14.3 Å². The first kappa shape index (κ1) is 16.7. The van der Waals surface area contributed by atoms with Crippen molar-refractivity contribution >= 4 is 5.91 Å². The van der Waals surface area contributed by atoms with Gasteiger partial charge in [-0.2, -0.15) is 0 Å². The highest BCUT2D eigenvalue weighted by atomic mass is 16.5. The maximum Gasteiger partial charge on any atom is 0.224 e. The molecule has 0 radical (unpaired) electrons. The summed E-state index contributed by atoms with van der Waals surface area (Å²) in [5, 5.41) is 3.03. The van der Waals surface area contributed by atoms with Crippen molar-refractivity contribution in [3.63, 3.8) is 0 Å². The van der Waals surface area contributed by atoms with Crippen LogP contribution < -0.4 is 14.8 Å². The first-order chi connectivity index (χ1) is 10.7. The number of rotatable bonds is 7. The monoisotopic (exact) mass is 305 g/mol. The Labute approximate surface area is 133 Å². The van der Waals surface area contributed by atoms with Gasteiger partial charge in [0, 0.05) is 12.1 Å². The summed E-state index contributed by atoms with van der Waals surface area (Å²) >= 11 is 0. The van der Waals surface area contributed by atoms with Gasteiger partial charge in [-0.3, -0.25) is 4.79 Å². The number of ether oxygens (including phenoxy) is 2. The molecule has 122 valence electrons. The minimum atomic E-state index is 0.0439. The molecular weight excluding hydrogens is 278 g/mol. The third-order valence-corrected chi connectivity index (χ3v) is 4.44. The van der Waals surface area contributed by atoms with E-state index in [2.05, 4.69) is 5.32 Å². The molecule has 0 heterocycles. The summed E-state index contributed by atoms with van der Waals surface area (Å²) in [5.74, 6) is 2.30. The highest BCUT2D eigenvalue weighted by Gasteiger charge is 2.14. The van der Waals surface area contributed by atoms with Crippen LogP contribution in [0.5, 0.6) is 11.5 Å². The summed E-state index contributed by atoms with van der Waals surface area (Å²) in [6.45, 7) is 0.774. The molecule has 0 aromatic heterocycles. The molecule has 0 aliphatic heterocycles. The lowest BCUT2D eigenvalue weighted by Gasteiger charge is -2.21. The van der Waals surface area contributed by atoms with E-state index in [-0.39, 0.29) is 5.91 Å². The van der Waals surface area contributed by atoms with Crippen LogP contribution in [0, 0.1) is 5.92 Å². The van der Waals surface area contributed by atoms with Gasteiger partial charge in [-0.25, -0.2) is 0 Å². The van der Waals surface area contributed by atoms with E-state index in [0.717, 1.165) is 35.9 Å². The zero-order valence-corrected chi connectivity index (χ0v) is 13.7. The number of amides is 1. The van der Waals surface area contributed by atoms with Gasteiger partial charge in [0.15, 0.2) is 0 Å². The van der Waals surface area contributed by atoms with Gasteiger partial charge in [0.25, 0.3) is 0 Å². The van der Waals surface area contributed by atoms with E-state index >= 15 is 0 Å². The van der Waals surface area contributed by atoms with Crippen LogP contribution in [0.15, 0.2) is 18.2 Å². The van der Waals surface area contributed by atoms with Gasteiger partial charge < -0.3 is 14.8 Å². The van der Waals surface area contributed by atoms with Gasteiger partial charge >= 0.3 is 0 Å². The fraction of sp³-hybridized carbons (Fsp3) is 0.611. The van der Waals surface area contributed by atoms with Gasteiger partial charge in [0.2, 0.25) is 5.91 Å². The topological polar surface area (TPSA) is 47.6 Å². The molecular formula is C18H27NO3. The SMILES string of the molecule is COc1ccc(OC)c(CC(=O)NCCC2CCCCC2)c1. The number of hydrogen-bond donors (Lipinski definition) is 1. The first-order valence-corrected chi connectivity index (χ1v) is 8.20. The third kappa shape index (κ3) is 4.93. The molecule has 1 amide bonds. The van der Waals surface area contributed by atoms with E-state index in [1.54, 1.807) is 14.2 Å². The number of carbonyl (C=O) groups excluding carboxylic acids is 1. The Hall–Kier alpha value is -1.71. The molecule has 1 aliphatic rings. The summed E-state index contributed by atoms with van der Waals surface area (Å²) in [4.78, 5) is 12.1. The normalized spacial score (nSPS) is 15.4. The Morgan fingerprint density at radius 3 is 2.64 bits per heavy atom. The molecule has 1 saturated carbocycles. The van der Waals surface area contributed by atoms with Crippen molar-refractivity contribution in [2.45, 2.75) is 44.9 Å². The van der Waals surface area contributed by atoms with Crippen molar-refractivity contribution in [1.29, 1.82) is 0 Å². The summed E-state index contributed by atoms with van der Waals surface area (Å²) in [7, 11) is 3.24. The largest absolute Gasteiger partial charge is 0.497 e. The molecule has 2 rings (SSSR count).